The minimum Gasteiger partial charge on any atom is -0.349 e. The largest absolute Gasteiger partial charge is 0.349 e. The van der Waals surface area contributed by atoms with Crippen molar-refractivity contribution >= 4 is 38.1 Å². The van der Waals surface area contributed by atoms with E-state index in [0.29, 0.717) is 11.3 Å². The number of para-hydroxylation sites is 1. The molecule has 0 amide bonds. The number of nitro groups is 1. The zero-order valence-electron chi connectivity index (χ0n) is 15.7. The smallest absolute Gasteiger partial charge is 0.294 e. The Labute approximate surface area is 171 Å². The quantitative estimate of drug-likeness (QED) is 0.370. The van der Waals surface area contributed by atoms with Gasteiger partial charge in [0.2, 0.25) is 10.0 Å². The van der Waals surface area contributed by atoms with E-state index in [1.54, 1.807) is 10.7 Å². The first kappa shape index (κ1) is 19.5. The molecule has 4 rings (SSSR count). The van der Waals surface area contributed by atoms with E-state index in [-0.39, 0.29) is 10.6 Å². The summed E-state index contributed by atoms with van der Waals surface area (Å²) in [5.41, 5.74) is 2.43. The third-order valence-electron chi connectivity index (χ3n) is 4.48. The fraction of sp³-hybridized carbons (Fsp3) is 0.0526. The number of rotatable bonds is 5. The maximum absolute atomic E-state index is 11.5. The Morgan fingerprint density at radius 2 is 1.87 bits per heavy atom. The third kappa shape index (κ3) is 3.58. The number of fused-ring (bicyclic) bond motifs is 1. The highest BCUT2D eigenvalue weighted by Crippen LogP contribution is 2.31. The van der Waals surface area contributed by atoms with Crippen LogP contribution >= 0.6 is 0 Å². The number of anilines is 2. The normalized spacial score (nSPS) is 11.5. The standard InChI is InChI=1S/C19H16N6O4S/c1-12-16-9-13(11-21-19(16)24(23-12)14-5-3-2-4-6-14)22-17-8-7-15(30(20,28)29)10-18(17)25(26)27/h2-11,22H,1H3,(H2,20,28,29). The Morgan fingerprint density at radius 3 is 2.53 bits per heavy atom. The second-order valence-corrected chi connectivity index (χ2v) is 8.10. The van der Waals surface area contributed by atoms with Crippen LogP contribution in [0.5, 0.6) is 0 Å². The summed E-state index contributed by atoms with van der Waals surface area (Å²) in [6.07, 6.45) is 1.53. The first-order valence-electron chi connectivity index (χ1n) is 8.73. The Morgan fingerprint density at radius 1 is 1.13 bits per heavy atom. The third-order valence-corrected chi connectivity index (χ3v) is 5.39. The molecular formula is C19H16N6O4S. The fourth-order valence-electron chi connectivity index (χ4n) is 3.06. The molecule has 0 aliphatic carbocycles. The molecule has 2 heterocycles. The van der Waals surface area contributed by atoms with Crippen molar-refractivity contribution in [3.05, 3.63) is 76.6 Å². The van der Waals surface area contributed by atoms with Crippen LogP contribution in [0.15, 0.2) is 65.7 Å². The average molecular weight is 424 g/mol. The number of aromatic nitrogens is 3. The maximum atomic E-state index is 11.5. The van der Waals surface area contributed by atoms with Gasteiger partial charge in [-0.25, -0.2) is 23.2 Å². The molecule has 2 aromatic carbocycles. The summed E-state index contributed by atoms with van der Waals surface area (Å²) in [4.78, 5) is 14.9. The number of nitrogens with zero attached hydrogens (tertiary/aromatic N) is 4. The number of hydrogen-bond donors (Lipinski definition) is 2. The van der Waals surface area contributed by atoms with E-state index in [1.165, 1.54) is 18.3 Å². The number of sulfonamides is 1. The lowest BCUT2D eigenvalue weighted by Crippen LogP contribution is -2.12. The number of pyridine rings is 1. The number of hydrogen-bond acceptors (Lipinski definition) is 7. The lowest BCUT2D eigenvalue weighted by molar-refractivity contribution is -0.384. The van der Waals surface area contributed by atoms with Crippen molar-refractivity contribution in [2.24, 2.45) is 5.14 Å². The Balaban J connectivity index is 1.75. The van der Waals surface area contributed by atoms with Gasteiger partial charge in [-0.3, -0.25) is 10.1 Å². The summed E-state index contributed by atoms with van der Waals surface area (Å²) in [7, 11) is -4.06. The summed E-state index contributed by atoms with van der Waals surface area (Å²) in [6.45, 7) is 1.84. The molecule has 4 aromatic rings. The highest BCUT2D eigenvalue weighted by Gasteiger charge is 2.20. The van der Waals surface area contributed by atoms with Gasteiger partial charge in [0.15, 0.2) is 5.65 Å². The van der Waals surface area contributed by atoms with E-state index < -0.39 is 20.6 Å². The van der Waals surface area contributed by atoms with Crippen LogP contribution in [-0.4, -0.2) is 28.1 Å². The van der Waals surface area contributed by atoms with Gasteiger partial charge in [-0.2, -0.15) is 5.10 Å². The molecule has 11 heteroatoms. The minimum atomic E-state index is -4.06. The van der Waals surface area contributed by atoms with Crippen molar-refractivity contribution < 1.29 is 13.3 Å². The number of aryl methyl sites for hydroxylation is 1. The first-order chi connectivity index (χ1) is 14.2. The monoisotopic (exact) mass is 424 g/mol. The molecule has 0 fully saturated rings. The summed E-state index contributed by atoms with van der Waals surface area (Å²) >= 11 is 0. The van der Waals surface area contributed by atoms with Crippen LogP contribution in [-0.2, 0) is 10.0 Å². The fourth-order valence-corrected chi connectivity index (χ4v) is 3.60. The van der Waals surface area contributed by atoms with Gasteiger partial charge < -0.3 is 5.32 Å². The number of nitrogens with one attached hydrogen (secondary N) is 1. The first-order valence-corrected chi connectivity index (χ1v) is 10.3. The van der Waals surface area contributed by atoms with Crippen molar-refractivity contribution in [3.8, 4) is 5.69 Å². The van der Waals surface area contributed by atoms with Gasteiger partial charge in [-0.15, -0.1) is 0 Å². The van der Waals surface area contributed by atoms with Crippen molar-refractivity contribution in [1.29, 1.82) is 0 Å². The van der Waals surface area contributed by atoms with E-state index in [1.807, 2.05) is 37.3 Å². The second-order valence-electron chi connectivity index (χ2n) is 6.53. The van der Waals surface area contributed by atoms with Crippen LogP contribution in [0.25, 0.3) is 16.7 Å². The second kappa shape index (κ2) is 7.21. The van der Waals surface area contributed by atoms with Gasteiger partial charge in [-0.1, -0.05) is 18.2 Å². The zero-order chi connectivity index (χ0) is 21.5. The van der Waals surface area contributed by atoms with E-state index in [9.17, 15) is 18.5 Å². The number of benzene rings is 2. The molecule has 0 saturated heterocycles. The van der Waals surface area contributed by atoms with Crippen LogP contribution in [0.4, 0.5) is 17.1 Å². The topological polar surface area (TPSA) is 146 Å². The molecule has 0 radical (unpaired) electrons. The number of nitro benzene ring substituents is 1. The molecule has 0 unspecified atom stereocenters. The lowest BCUT2D eigenvalue weighted by atomic mass is 10.2. The minimum absolute atomic E-state index is 0.113. The molecule has 152 valence electrons. The van der Waals surface area contributed by atoms with Crippen LogP contribution < -0.4 is 10.5 Å². The Hall–Kier alpha value is -3.83. The van der Waals surface area contributed by atoms with Crippen molar-refractivity contribution in [1.82, 2.24) is 14.8 Å². The zero-order valence-corrected chi connectivity index (χ0v) is 16.5. The molecule has 0 spiro atoms. The van der Waals surface area contributed by atoms with E-state index in [0.717, 1.165) is 22.8 Å². The SMILES string of the molecule is Cc1nn(-c2ccccc2)c2ncc(Nc3ccc(S(N)(=O)=O)cc3[N+](=O)[O-])cc12. The van der Waals surface area contributed by atoms with Gasteiger partial charge in [0.1, 0.15) is 5.69 Å². The van der Waals surface area contributed by atoms with Crippen LogP contribution in [0.3, 0.4) is 0 Å². The van der Waals surface area contributed by atoms with E-state index >= 15 is 0 Å². The Bertz CT molecular complexity index is 1380. The summed E-state index contributed by atoms with van der Waals surface area (Å²) in [5, 5.41) is 24.7. The van der Waals surface area contributed by atoms with Crippen LogP contribution in [0, 0.1) is 17.0 Å². The predicted octanol–water partition coefficient (Wildman–Crippen LogP) is 3.03. The van der Waals surface area contributed by atoms with Gasteiger partial charge in [0.25, 0.3) is 5.69 Å². The van der Waals surface area contributed by atoms with Gasteiger partial charge in [0.05, 0.1) is 33.1 Å². The molecule has 3 N–H and O–H groups in total. The number of nitrogens with two attached hydrogens (primary N) is 1. The van der Waals surface area contributed by atoms with Crippen molar-refractivity contribution in [2.75, 3.05) is 5.32 Å². The van der Waals surface area contributed by atoms with Gasteiger partial charge >= 0.3 is 0 Å². The molecule has 2 aromatic heterocycles. The molecule has 0 aliphatic heterocycles. The average Bonchev–Trinajstić information content (AvgIpc) is 3.04. The maximum Gasteiger partial charge on any atom is 0.294 e. The molecule has 0 saturated carbocycles. The molecule has 0 atom stereocenters. The summed E-state index contributed by atoms with van der Waals surface area (Å²) < 4.78 is 24.7. The van der Waals surface area contributed by atoms with Gasteiger partial charge in [-0.05, 0) is 37.3 Å². The molecule has 0 aliphatic rings. The highest BCUT2D eigenvalue weighted by atomic mass is 32.2. The Kier molecular flexibility index (Phi) is 4.68. The van der Waals surface area contributed by atoms with Crippen molar-refractivity contribution in [3.63, 3.8) is 0 Å². The summed E-state index contributed by atoms with van der Waals surface area (Å²) in [5.74, 6) is 0. The lowest BCUT2D eigenvalue weighted by Gasteiger charge is -2.09. The predicted molar refractivity (Wildman–Crippen MR) is 111 cm³/mol. The molecule has 10 nitrogen and oxygen atoms in total. The van der Waals surface area contributed by atoms with Crippen LogP contribution in [0.1, 0.15) is 5.69 Å². The summed E-state index contributed by atoms with van der Waals surface area (Å²) in [6, 6.07) is 14.7. The molecular weight excluding hydrogens is 408 g/mol. The van der Waals surface area contributed by atoms with Crippen LogP contribution in [0.2, 0.25) is 0 Å². The van der Waals surface area contributed by atoms with E-state index in [4.69, 9.17) is 5.14 Å². The van der Waals surface area contributed by atoms with Crippen molar-refractivity contribution in [2.45, 2.75) is 11.8 Å². The van der Waals surface area contributed by atoms with E-state index in [2.05, 4.69) is 15.4 Å². The molecule has 30 heavy (non-hydrogen) atoms. The molecule has 0 bridgehead atoms. The van der Waals surface area contributed by atoms with Gasteiger partial charge in [0, 0.05) is 11.5 Å². The number of primary sulfonamides is 1. The highest BCUT2D eigenvalue weighted by molar-refractivity contribution is 7.89.